The van der Waals surface area contributed by atoms with Gasteiger partial charge in [0.05, 0.1) is 21.2 Å². The SMILES string of the molecule is Cc1ccc(S(=O)(=O)C(C)(C(F)(F)F)S(=O)(=O)c2ccc(C)cc2N)c(N)c1. The number of halogens is 3. The summed E-state index contributed by atoms with van der Waals surface area (Å²) < 4.78 is 90.0. The molecule has 0 saturated carbocycles. The molecule has 0 bridgehead atoms. The molecule has 0 spiro atoms. The molecule has 0 aliphatic carbocycles. The van der Waals surface area contributed by atoms with Crippen molar-refractivity contribution in [2.45, 2.75) is 40.8 Å². The predicted molar refractivity (Wildman–Crippen MR) is 100 cm³/mol. The van der Waals surface area contributed by atoms with Gasteiger partial charge in [0, 0.05) is 0 Å². The molecule has 4 N–H and O–H groups in total. The number of nitrogens with two attached hydrogens (primary N) is 2. The van der Waals surface area contributed by atoms with E-state index in [0.717, 1.165) is 24.3 Å². The minimum Gasteiger partial charge on any atom is -0.398 e. The zero-order valence-electron chi connectivity index (χ0n) is 15.2. The standard InChI is InChI=1S/C17H19F3N2O4S2/c1-10-4-6-14(12(21)8-10)27(23,24)16(3,17(18,19)20)28(25,26)15-7-5-11(2)9-13(15)22/h4-9H,21-22H2,1-3H3. The lowest BCUT2D eigenvalue weighted by atomic mass is 10.2. The van der Waals surface area contributed by atoms with Gasteiger partial charge in [-0.1, -0.05) is 12.1 Å². The molecule has 2 aromatic carbocycles. The second-order valence-corrected chi connectivity index (χ2v) is 11.3. The van der Waals surface area contributed by atoms with Crippen molar-refractivity contribution in [3.8, 4) is 0 Å². The third kappa shape index (κ3) is 3.12. The average Bonchev–Trinajstić information content (AvgIpc) is 2.51. The van der Waals surface area contributed by atoms with Crippen molar-refractivity contribution >= 4 is 31.0 Å². The fourth-order valence-electron chi connectivity index (χ4n) is 2.69. The maximum absolute atomic E-state index is 14.0. The smallest absolute Gasteiger partial charge is 0.398 e. The zero-order chi connectivity index (χ0) is 21.7. The van der Waals surface area contributed by atoms with E-state index in [1.54, 1.807) is 13.8 Å². The number of benzene rings is 2. The normalized spacial score (nSPS) is 13.5. The molecule has 0 unspecified atom stereocenters. The van der Waals surface area contributed by atoms with Crippen LogP contribution in [0.15, 0.2) is 46.2 Å². The Balaban J connectivity index is 2.92. The van der Waals surface area contributed by atoms with Crippen molar-refractivity contribution in [2.75, 3.05) is 11.5 Å². The molecule has 154 valence electrons. The summed E-state index contributed by atoms with van der Waals surface area (Å²) in [5, 5.41) is 0. The number of rotatable bonds is 4. The lowest BCUT2D eigenvalue weighted by molar-refractivity contribution is -0.137. The number of sulfone groups is 2. The number of nitrogen functional groups attached to an aromatic ring is 2. The lowest BCUT2D eigenvalue weighted by Crippen LogP contribution is -2.55. The summed E-state index contributed by atoms with van der Waals surface area (Å²) >= 11 is 0. The zero-order valence-corrected chi connectivity index (χ0v) is 16.8. The van der Waals surface area contributed by atoms with E-state index in [-0.39, 0.29) is 6.92 Å². The summed E-state index contributed by atoms with van der Waals surface area (Å²) in [5.41, 5.74) is 11.3. The predicted octanol–water partition coefficient (Wildman–Crippen LogP) is 2.99. The maximum atomic E-state index is 14.0. The second-order valence-electron chi connectivity index (χ2n) is 6.53. The van der Waals surface area contributed by atoms with E-state index in [1.807, 2.05) is 0 Å². The van der Waals surface area contributed by atoms with Gasteiger partial charge in [-0.05, 0) is 56.2 Å². The van der Waals surface area contributed by atoms with E-state index >= 15 is 0 Å². The minimum atomic E-state index is -5.68. The highest BCUT2D eigenvalue weighted by Crippen LogP contribution is 2.48. The van der Waals surface area contributed by atoms with Crippen LogP contribution in [0.5, 0.6) is 0 Å². The summed E-state index contributed by atoms with van der Waals surface area (Å²) in [5.74, 6) is 0. The van der Waals surface area contributed by atoms with E-state index in [9.17, 15) is 30.0 Å². The van der Waals surface area contributed by atoms with Crippen LogP contribution in [-0.4, -0.2) is 27.1 Å². The van der Waals surface area contributed by atoms with Crippen molar-refractivity contribution in [1.82, 2.24) is 0 Å². The minimum absolute atomic E-state index is 0.107. The third-order valence-electron chi connectivity index (χ3n) is 4.45. The van der Waals surface area contributed by atoms with Crippen LogP contribution in [0.2, 0.25) is 0 Å². The highest BCUT2D eigenvalue weighted by Gasteiger charge is 2.70. The highest BCUT2D eigenvalue weighted by molar-refractivity contribution is 8.10. The second kappa shape index (κ2) is 6.66. The molecule has 0 aliphatic heterocycles. The fourth-order valence-corrected chi connectivity index (χ4v) is 7.07. The Kier molecular flexibility index (Phi) is 5.24. The number of aryl methyl sites for hydroxylation is 2. The molecule has 0 heterocycles. The molecule has 2 rings (SSSR count). The fraction of sp³-hybridized carbons (Fsp3) is 0.294. The molecule has 0 fully saturated rings. The van der Waals surface area contributed by atoms with Gasteiger partial charge in [0.2, 0.25) is 19.7 Å². The number of anilines is 2. The summed E-state index contributed by atoms with van der Waals surface area (Å²) in [6.07, 6.45) is -5.68. The van der Waals surface area contributed by atoms with Crippen LogP contribution in [0.3, 0.4) is 0 Å². The molecule has 0 amide bonds. The Hall–Kier alpha value is -2.27. The van der Waals surface area contributed by atoms with Crippen LogP contribution in [0.1, 0.15) is 18.1 Å². The van der Waals surface area contributed by atoms with Crippen LogP contribution < -0.4 is 11.5 Å². The van der Waals surface area contributed by atoms with Gasteiger partial charge >= 0.3 is 6.18 Å². The first-order valence-corrected chi connectivity index (χ1v) is 10.8. The number of hydrogen-bond acceptors (Lipinski definition) is 6. The van der Waals surface area contributed by atoms with E-state index in [1.165, 1.54) is 12.1 Å². The molecular weight excluding hydrogens is 417 g/mol. The summed E-state index contributed by atoms with van der Waals surface area (Å²) in [7, 11) is -11.1. The molecule has 0 aliphatic rings. The summed E-state index contributed by atoms with van der Waals surface area (Å²) in [6.45, 7) is 3.22. The largest absolute Gasteiger partial charge is 0.422 e. The van der Waals surface area contributed by atoms with E-state index in [0.29, 0.717) is 11.1 Å². The summed E-state index contributed by atoms with van der Waals surface area (Å²) in [4.78, 5) is -1.85. The van der Waals surface area contributed by atoms with Crippen molar-refractivity contribution in [3.05, 3.63) is 47.5 Å². The van der Waals surface area contributed by atoms with Gasteiger partial charge in [-0.3, -0.25) is 0 Å². The van der Waals surface area contributed by atoms with Crippen LogP contribution in [0.25, 0.3) is 0 Å². The van der Waals surface area contributed by atoms with Crippen LogP contribution in [0.4, 0.5) is 24.5 Å². The van der Waals surface area contributed by atoms with E-state index < -0.39 is 51.1 Å². The van der Waals surface area contributed by atoms with Gasteiger partial charge in [0.15, 0.2) is 0 Å². The molecule has 0 aromatic heterocycles. The molecule has 11 heteroatoms. The molecule has 2 aromatic rings. The first-order valence-electron chi connectivity index (χ1n) is 7.85. The van der Waals surface area contributed by atoms with Gasteiger partial charge in [-0.15, -0.1) is 0 Å². The van der Waals surface area contributed by atoms with E-state index in [4.69, 9.17) is 11.5 Å². The Bertz CT molecular complexity index is 1060. The van der Waals surface area contributed by atoms with E-state index in [2.05, 4.69) is 0 Å². The van der Waals surface area contributed by atoms with Gasteiger partial charge in [-0.25, -0.2) is 16.8 Å². The van der Waals surface area contributed by atoms with Crippen molar-refractivity contribution in [2.24, 2.45) is 0 Å². The van der Waals surface area contributed by atoms with Crippen LogP contribution >= 0.6 is 0 Å². The Labute approximate surface area is 161 Å². The van der Waals surface area contributed by atoms with Gasteiger partial charge in [0.25, 0.3) is 4.08 Å². The topological polar surface area (TPSA) is 120 Å². The molecular formula is C17H19F3N2O4S2. The van der Waals surface area contributed by atoms with Crippen molar-refractivity contribution < 1.29 is 30.0 Å². The van der Waals surface area contributed by atoms with Crippen molar-refractivity contribution in [1.29, 1.82) is 0 Å². The number of alkyl halides is 3. The molecule has 6 nitrogen and oxygen atoms in total. The Morgan fingerprint density at radius 1 is 0.750 bits per heavy atom. The van der Waals surface area contributed by atoms with Gasteiger partial charge < -0.3 is 11.5 Å². The van der Waals surface area contributed by atoms with Crippen LogP contribution in [0, 0.1) is 13.8 Å². The first-order chi connectivity index (χ1) is 12.6. The van der Waals surface area contributed by atoms with Gasteiger partial charge in [0.1, 0.15) is 0 Å². The third-order valence-corrected chi connectivity index (χ3v) is 10.2. The highest BCUT2D eigenvalue weighted by atomic mass is 32.3. The number of hydrogen-bond donors (Lipinski definition) is 2. The molecule has 0 saturated heterocycles. The van der Waals surface area contributed by atoms with Gasteiger partial charge in [-0.2, -0.15) is 13.2 Å². The maximum Gasteiger partial charge on any atom is 0.422 e. The lowest BCUT2D eigenvalue weighted by Gasteiger charge is -2.32. The first kappa shape index (κ1) is 22.0. The molecule has 0 radical (unpaired) electrons. The van der Waals surface area contributed by atoms with Crippen LogP contribution in [-0.2, 0) is 19.7 Å². The Morgan fingerprint density at radius 2 is 1.07 bits per heavy atom. The van der Waals surface area contributed by atoms with Crippen molar-refractivity contribution in [3.63, 3.8) is 0 Å². The molecule has 28 heavy (non-hydrogen) atoms. The average molecular weight is 436 g/mol. The Morgan fingerprint density at radius 3 is 1.32 bits per heavy atom. The quantitative estimate of drug-likeness (QED) is 0.711. The monoisotopic (exact) mass is 436 g/mol. The molecule has 0 atom stereocenters. The summed E-state index contributed by atoms with van der Waals surface area (Å²) in [6, 6.07) is 6.48.